The second kappa shape index (κ2) is 5.72. The molecule has 90 valence electrons. The molecule has 0 radical (unpaired) electrons. The number of amides is 1. The minimum absolute atomic E-state index is 0.162. The molecule has 2 aromatic heterocycles. The van der Waals surface area contributed by atoms with E-state index in [9.17, 15) is 4.79 Å². The van der Waals surface area contributed by atoms with E-state index >= 15 is 0 Å². The molecule has 0 saturated heterocycles. The van der Waals surface area contributed by atoms with Crippen LogP contribution < -0.4 is 11.1 Å². The van der Waals surface area contributed by atoms with E-state index in [0.29, 0.717) is 18.8 Å². The number of hydrogen-bond acceptors (Lipinski definition) is 5. The quantitative estimate of drug-likeness (QED) is 0.903. The Balaban J connectivity index is 1.93. The molecule has 0 aliphatic heterocycles. The lowest BCUT2D eigenvalue weighted by molar-refractivity contribution is 0.0947. The van der Waals surface area contributed by atoms with E-state index in [2.05, 4.69) is 26.2 Å². The highest BCUT2D eigenvalue weighted by atomic mass is 79.9. The van der Waals surface area contributed by atoms with Crippen molar-refractivity contribution in [1.82, 2.24) is 10.3 Å². The van der Waals surface area contributed by atoms with Crippen LogP contribution in [-0.4, -0.2) is 10.9 Å². The summed E-state index contributed by atoms with van der Waals surface area (Å²) in [7, 11) is 0. The van der Waals surface area contributed by atoms with Gasteiger partial charge < -0.3 is 11.1 Å². The fraction of sp³-hybridized carbons (Fsp3) is 0.200. The topological polar surface area (TPSA) is 68.0 Å². The molecule has 3 N–H and O–H groups in total. The Morgan fingerprint density at radius 1 is 1.53 bits per heavy atom. The second-order valence-electron chi connectivity index (χ2n) is 3.22. The number of thiophene rings is 1. The lowest BCUT2D eigenvalue weighted by Crippen LogP contribution is -2.22. The van der Waals surface area contributed by atoms with Gasteiger partial charge in [0, 0.05) is 16.8 Å². The summed E-state index contributed by atoms with van der Waals surface area (Å²) in [5.41, 5.74) is 5.88. The summed E-state index contributed by atoms with van der Waals surface area (Å²) in [6.07, 6.45) is 0. The monoisotopic (exact) mass is 331 g/mol. The smallest absolute Gasteiger partial charge is 0.271 e. The van der Waals surface area contributed by atoms with E-state index in [-0.39, 0.29) is 5.91 Å². The van der Waals surface area contributed by atoms with E-state index in [0.717, 1.165) is 13.7 Å². The maximum atomic E-state index is 11.7. The molecule has 0 atom stereocenters. The van der Waals surface area contributed by atoms with Gasteiger partial charge in [0.15, 0.2) is 0 Å². The second-order valence-corrected chi connectivity index (χ2v) is 6.71. The van der Waals surface area contributed by atoms with Gasteiger partial charge in [0.1, 0.15) is 10.7 Å². The van der Waals surface area contributed by atoms with E-state index in [1.807, 2.05) is 12.1 Å². The zero-order valence-electron chi connectivity index (χ0n) is 8.77. The Hall–Kier alpha value is -0.760. The highest BCUT2D eigenvalue weighted by Gasteiger charge is 2.10. The number of nitrogens with two attached hydrogens (primary N) is 1. The van der Waals surface area contributed by atoms with Crippen LogP contribution in [0.5, 0.6) is 0 Å². The molecule has 0 spiro atoms. The standard InChI is InChI=1S/C10H10BrN3OS2/c11-8-2-1-6(17-8)4-13-10(15)7-5-16-9(3-12)14-7/h1-2,5H,3-4,12H2,(H,13,15). The Labute approximate surface area is 115 Å². The number of carbonyl (C=O) groups is 1. The molecule has 4 nitrogen and oxygen atoms in total. The molecular weight excluding hydrogens is 322 g/mol. The molecule has 2 heterocycles. The highest BCUT2D eigenvalue weighted by Crippen LogP contribution is 2.21. The van der Waals surface area contributed by atoms with Crippen LogP contribution >= 0.6 is 38.6 Å². The summed E-state index contributed by atoms with van der Waals surface area (Å²) in [6, 6.07) is 3.93. The van der Waals surface area contributed by atoms with E-state index < -0.39 is 0 Å². The van der Waals surface area contributed by atoms with Crippen LogP contribution in [0.15, 0.2) is 21.3 Å². The van der Waals surface area contributed by atoms with Crippen LogP contribution in [0, 0.1) is 0 Å². The van der Waals surface area contributed by atoms with Gasteiger partial charge in [0.25, 0.3) is 5.91 Å². The molecule has 2 rings (SSSR count). The zero-order valence-corrected chi connectivity index (χ0v) is 12.0. The Bertz CT molecular complexity index is 523. The Kier molecular flexibility index (Phi) is 4.27. The summed E-state index contributed by atoms with van der Waals surface area (Å²) in [5, 5.41) is 5.32. The van der Waals surface area contributed by atoms with Crippen molar-refractivity contribution in [3.63, 3.8) is 0 Å². The van der Waals surface area contributed by atoms with Gasteiger partial charge >= 0.3 is 0 Å². The predicted molar refractivity (Wildman–Crippen MR) is 73.2 cm³/mol. The highest BCUT2D eigenvalue weighted by molar-refractivity contribution is 9.11. The first-order valence-corrected chi connectivity index (χ1v) is 7.35. The molecule has 17 heavy (non-hydrogen) atoms. The average molecular weight is 332 g/mol. The number of nitrogens with one attached hydrogen (secondary N) is 1. The van der Waals surface area contributed by atoms with Crippen molar-refractivity contribution >= 4 is 44.5 Å². The Morgan fingerprint density at radius 3 is 2.94 bits per heavy atom. The molecule has 0 aromatic carbocycles. The normalized spacial score (nSPS) is 10.5. The fourth-order valence-corrected chi connectivity index (χ4v) is 3.29. The van der Waals surface area contributed by atoms with Crippen LogP contribution in [0.3, 0.4) is 0 Å². The van der Waals surface area contributed by atoms with Gasteiger partial charge in [-0.05, 0) is 28.1 Å². The van der Waals surface area contributed by atoms with Crippen molar-refractivity contribution in [3.05, 3.63) is 36.9 Å². The molecule has 7 heteroatoms. The third-order valence-electron chi connectivity index (χ3n) is 2.01. The van der Waals surface area contributed by atoms with E-state index in [1.165, 1.54) is 11.3 Å². The van der Waals surface area contributed by atoms with Gasteiger partial charge in [-0.2, -0.15) is 0 Å². The number of aromatic nitrogens is 1. The molecule has 0 fully saturated rings. The van der Waals surface area contributed by atoms with Gasteiger partial charge in [-0.15, -0.1) is 22.7 Å². The third-order valence-corrected chi connectivity index (χ3v) is 4.51. The van der Waals surface area contributed by atoms with Crippen molar-refractivity contribution < 1.29 is 4.79 Å². The first-order valence-electron chi connectivity index (χ1n) is 4.86. The Morgan fingerprint density at radius 2 is 2.35 bits per heavy atom. The molecular formula is C10H10BrN3OS2. The summed E-state index contributed by atoms with van der Waals surface area (Å²) >= 11 is 6.38. The zero-order chi connectivity index (χ0) is 12.3. The number of nitrogens with zero attached hydrogens (tertiary/aromatic N) is 1. The largest absolute Gasteiger partial charge is 0.346 e. The molecule has 0 unspecified atom stereocenters. The lowest BCUT2D eigenvalue weighted by atomic mass is 10.4. The van der Waals surface area contributed by atoms with E-state index in [1.54, 1.807) is 16.7 Å². The van der Waals surface area contributed by atoms with Crippen LogP contribution in [-0.2, 0) is 13.1 Å². The van der Waals surface area contributed by atoms with Crippen LogP contribution in [0.25, 0.3) is 0 Å². The molecule has 0 aliphatic carbocycles. The van der Waals surface area contributed by atoms with Gasteiger partial charge in [-0.1, -0.05) is 0 Å². The summed E-state index contributed by atoms with van der Waals surface area (Å²) < 4.78 is 1.06. The van der Waals surface area contributed by atoms with Crippen LogP contribution in [0.1, 0.15) is 20.4 Å². The van der Waals surface area contributed by atoms with Crippen molar-refractivity contribution in [3.8, 4) is 0 Å². The van der Waals surface area contributed by atoms with E-state index in [4.69, 9.17) is 5.73 Å². The van der Waals surface area contributed by atoms with Crippen molar-refractivity contribution in [2.24, 2.45) is 5.73 Å². The van der Waals surface area contributed by atoms with Crippen molar-refractivity contribution in [1.29, 1.82) is 0 Å². The number of halogens is 1. The lowest BCUT2D eigenvalue weighted by Gasteiger charge is -2.00. The van der Waals surface area contributed by atoms with Crippen molar-refractivity contribution in [2.75, 3.05) is 0 Å². The maximum Gasteiger partial charge on any atom is 0.271 e. The van der Waals surface area contributed by atoms with Crippen LogP contribution in [0.2, 0.25) is 0 Å². The minimum Gasteiger partial charge on any atom is -0.346 e. The van der Waals surface area contributed by atoms with Crippen molar-refractivity contribution in [2.45, 2.75) is 13.1 Å². The fourth-order valence-electron chi connectivity index (χ4n) is 1.21. The molecule has 0 bridgehead atoms. The SMILES string of the molecule is NCc1nc(C(=O)NCc2ccc(Br)s2)cs1. The minimum atomic E-state index is -0.162. The van der Waals surface area contributed by atoms with Gasteiger partial charge in [-0.3, -0.25) is 4.79 Å². The average Bonchev–Trinajstić information content (AvgIpc) is 2.94. The van der Waals surface area contributed by atoms with Gasteiger partial charge in [0.05, 0.1) is 10.3 Å². The summed E-state index contributed by atoms with van der Waals surface area (Å²) in [6.45, 7) is 0.889. The predicted octanol–water partition coefficient (Wildman–Crippen LogP) is 2.36. The summed E-state index contributed by atoms with van der Waals surface area (Å²) in [5.74, 6) is -0.162. The third kappa shape index (κ3) is 3.35. The van der Waals surface area contributed by atoms with Crippen LogP contribution in [0.4, 0.5) is 0 Å². The molecule has 1 amide bonds. The van der Waals surface area contributed by atoms with Gasteiger partial charge in [-0.25, -0.2) is 4.98 Å². The first kappa shape index (κ1) is 12.7. The summed E-state index contributed by atoms with van der Waals surface area (Å²) in [4.78, 5) is 17.0. The number of hydrogen-bond donors (Lipinski definition) is 2. The number of thiazole rings is 1. The molecule has 0 aliphatic rings. The maximum absolute atomic E-state index is 11.7. The molecule has 0 saturated carbocycles. The number of carbonyl (C=O) groups excluding carboxylic acids is 1. The number of rotatable bonds is 4. The molecule has 2 aromatic rings. The van der Waals surface area contributed by atoms with Gasteiger partial charge in [0.2, 0.25) is 0 Å². The first-order chi connectivity index (χ1) is 8.19.